The number of rotatable bonds is 5. The third kappa shape index (κ3) is 3.09. The Bertz CT molecular complexity index is 898. The van der Waals surface area contributed by atoms with Crippen LogP contribution in [-0.2, 0) is 11.2 Å². The number of carbonyl (C=O) groups excluding carboxylic acids is 1. The van der Waals surface area contributed by atoms with E-state index in [4.69, 9.17) is 0 Å². The molecule has 0 atom stereocenters. The first-order valence-corrected chi connectivity index (χ1v) is 10.6. The molecule has 4 saturated carbocycles. The van der Waals surface area contributed by atoms with Crippen LogP contribution in [0.5, 0.6) is 5.75 Å². The standard InChI is InChI=1S/C24H28N2O2/c27-22-8-7-19-4-1-2-5-20(19)21(22)6-3-9-25-26-23(28)24-13-16-10-17(14-24)12-18(11-16)15-24/h1-2,4-5,7-9,16-18,27H,3,6,10-15H2,(H,26,28)/b25-9+. The van der Waals surface area contributed by atoms with Crippen molar-refractivity contribution in [3.63, 3.8) is 0 Å². The average molecular weight is 377 g/mol. The highest BCUT2D eigenvalue weighted by Gasteiger charge is 2.54. The van der Waals surface area contributed by atoms with Gasteiger partial charge in [-0.1, -0.05) is 30.3 Å². The van der Waals surface area contributed by atoms with E-state index in [0.717, 1.165) is 53.4 Å². The van der Waals surface area contributed by atoms with E-state index in [9.17, 15) is 9.90 Å². The van der Waals surface area contributed by atoms with Crippen LogP contribution in [0.4, 0.5) is 0 Å². The molecule has 4 heteroatoms. The minimum atomic E-state index is -0.153. The van der Waals surface area contributed by atoms with Crippen molar-refractivity contribution in [3.05, 3.63) is 42.0 Å². The number of carbonyl (C=O) groups is 1. The van der Waals surface area contributed by atoms with Crippen LogP contribution in [0.2, 0.25) is 0 Å². The zero-order chi connectivity index (χ0) is 19.1. The number of amides is 1. The van der Waals surface area contributed by atoms with Crippen LogP contribution in [0.15, 0.2) is 41.5 Å². The highest BCUT2D eigenvalue weighted by atomic mass is 16.3. The number of benzene rings is 2. The highest BCUT2D eigenvalue weighted by Crippen LogP contribution is 2.60. The van der Waals surface area contributed by atoms with Gasteiger partial charge in [-0.15, -0.1) is 0 Å². The Morgan fingerprint density at radius 3 is 2.46 bits per heavy atom. The fourth-order valence-electron chi connectivity index (χ4n) is 6.47. The van der Waals surface area contributed by atoms with Gasteiger partial charge in [0.15, 0.2) is 0 Å². The number of phenolic OH excluding ortho intramolecular Hbond substituents is 1. The summed E-state index contributed by atoms with van der Waals surface area (Å²) < 4.78 is 0. The predicted octanol–water partition coefficient (Wildman–Crippen LogP) is 4.80. The zero-order valence-corrected chi connectivity index (χ0v) is 16.2. The first-order chi connectivity index (χ1) is 13.6. The molecule has 0 unspecified atom stereocenters. The fourth-order valence-corrected chi connectivity index (χ4v) is 6.47. The maximum atomic E-state index is 12.9. The molecule has 6 rings (SSSR count). The van der Waals surface area contributed by atoms with Gasteiger partial charge in [0.25, 0.3) is 0 Å². The largest absolute Gasteiger partial charge is 0.508 e. The number of phenols is 1. The second-order valence-electron chi connectivity index (χ2n) is 9.27. The summed E-state index contributed by atoms with van der Waals surface area (Å²) in [5, 5.41) is 16.7. The molecule has 0 aromatic heterocycles. The summed E-state index contributed by atoms with van der Waals surface area (Å²) in [5.41, 5.74) is 3.63. The molecule has 0 aliphatic heterocycles. The van der Waals surface area contributed by atoms with Crippen LogP contribution < -0.4 is 5.43 Å². The number of aromatic hydroxyl groups is 1. The van der Waals surface area contributed by atoms with E-state index in [1.165, 1.54) is 19.3 Å². The lowest BCUT2D eigenvalue weighted by Gasteiger charge is -2.55. The van der Waals surface area contributed by atoms with Gasteiger partial charge in [0, 0.05) is 11.8 Å². The first kappa shape index (κ1) is 17.7. The minimum Gasteiger partial charge on any atom is -0.508 e. The van der Waals surface area contributed by atoms with Crippen molar-refractivity contribution in [1.29, 1.82) is 0 Å². The van der Waals surface area contributed by atoms with Crippen LogP contribution in [-0.4, -0.2) is 17.2 Å². The Balaban J connectivity index is 1.21. The summed E-state index contributed by atoms with van der Waals surface area (Å²) in [5.74, 6) is 2.74. The molecule has 2 aromatic rings. The van der Waals surface area contributed by atoms with Gasteiger partial charge in [-0.05, 0) is 86.0 Å². The lowest BCUT2D eigenvalue weighted by molar-refractivity contribution is -0.146. The lowest BCUT2D eigenvalue weighted by atomic mass is 9.49. The number of nitrogens with one attached hydrogen (secondary N) is 1. The highest BCUT2D eigenvalue weighted by molar-refractivity contribution is 5.88. The van der Waals surface area contributed by atoms with E-state index in [0.29, 0.717) is 18.6 Å². The van der Waals surface area contributed by atoms with E-state index in [1.54, 1.807) is 12.3 Å². The summed E-state index contributed by atoms with van der Waals surface area (Å²) in [6.45, 7) is 0. The molecule has 0 saturated heterocycles. The molecule has 2 N–H and O–H groups in total. The average Bonchev–Trinajstić information content (AvgIpc) is 2.68. The molecule has 4 aliphatic rings. The summed E-state index contributed by atoms with van der Waals surface area (Å²) in [4.78, 5) is 12.9. The number of aryl methyl sites for hydroxylation is 1. The van der Waals surface area contributed by atoms with Crippen LogP contribution in [0.1, 0.15) is 50.5 Å². The molecule has 0 radical (unpaired) electrons. The minimum absolute atomic E-state index is 0.135. The predicted molar refractivity (Wildman–Crippen MR) is 111 cm³/mol. The topological polar surface area (TPSA) is 61.7 Å². The molecular weight excluding hydrogens is 348 g/mol. The van der Waals surface area contributed by atoms with E-state index in [-0.39, 0.29) is 11.3 Å². The van der Waals surface area contributed by atoms with Crippen molar-refractivity contribution in [2.24, 2.45) is 28.3 Å². The van der Waals surface area contributed by atoms with Crippen molar-refractivity contribution in [1.82, 2.24) is 5.43 Å². The second kappa shape index (κ2) is 6.91. The number of hydrogen-bond acceptors (Lipinski definition) is 3. The van der Waals surface area contributed by atoms with Crippen molar-refractivity contribution < 1.29 is 9.90 Å². The van der Waals surface area contributed by atoms with E-state index in [1.807, 2.05) is 24.3 Å². The fraction of sp³-hybridized carbons (Fsp3) is 0.500. The quantitative estimate of drug-likeness (QED) is 0.582. The van der Waals surface area contributed by atoms with E-state index >= 15 is 0 Å². The SMILES string of the molecule is O=C(N/N=C/CCc1c(O)ccc2ccccc12)C12CC3CC(CC(C3)C1)C2. The summed E-state index contributed by atoms with van der Waals surface area (Å²) in [6.07, 6.45) is 10.4. The summed E-state index contributed by atoms with van der Waals surface area (Å²) in [6, 6.07) is 11.8. The Labute approximate surface area is 166 Å². The van der Waals surface area contributed by atoms with Crippen molar-refractivity contribution in [2.45, 2.75) is 51.4 Å². The van der Waals surface area contributed by atoms with Crippen molar-refractivity contribution in [2.75, 3.05) is 0 Å². The summed E-state index contributed by atoms with van der Waals surface area (Å²) >= 11 is 0. The number of hydrogen-bond donors (Lipinski definition) is 2. The van der Waals surface area contributed by atoms with Gasteiger partial charge in [0.1, 0.15) is 5.75 Å². The second-order valence-corrected chi connectivity index (χ2v) is 9.27. The number of hydrazone groups is 1. The molecule has 4 bridgehead atoms. The van der Waals surface area contributed by atoms with Crippen LogP contribution in [0.3, 0.4) is 0 Å². The molecule has 1 amide bonds. The Morgan fingerprint density at radius 2 is 1.75 bits per heavy atom. The Hall–Kier alpha value is -2.36. The van der Waals surface area contributed by atoms with Gasteiger partial charge in [0.05, 0.1) is 5.41 Å². The third-order valence-electron chi connectivity index (χ3n) is 7.32. The maximum absolute atomic E-state index is 12.9. The van der Waals surface area contributed by atoms with Crippen LogP contribution >= 0.6 is 0 Å². The van der Waals surface area contributed by atoms with Gasteiger partial charge in [0.2, 0.25) is 5.91 Å². The molecule has 4 nitrogen and oxygen atoms in total. The smallest absolute Gasteiger partial charge is 0.246 e. The molecule has 0 spiro atoms. The normalized spacial score (nSPS) is 30.9. The molecule has 28 heavy (non-hydrogen) atoms. The molecular formula is C24H28N2O2. The number of nitrogens with zero attached hydrogens (tertiary/aromatic N) is 1. The molecule has 2 aromatic carbocycles. The number of fused-ring (bicyclic) bond motifs is 1. The molecule has 4 fully saturated rings. The third-order valence-corrected chi connectivity index (χ3v) is 7.32. The molecule has 0 heterocycles. The summed E-state index contributed by atoms with van der Waals surface area (Å²) in [7, 11) is 0. The maximum Gasteiger partial charge on any atom is 0.246 e. The first-order valence-electron chi connectivity index (χ1n) is 10.6. The lowest BCUT2D eigenvalue weighted by Crippen LogP contribution is -2.52. The van der Waals surface area contributed by atoms with Gasteiger partial charge < -0.3 is 5.11 Å². The van der Waals surface area contributed by atoms with Gasteiger partial charge >= 0.3 is 0 Å². The Morgan fingerprint density at radius 1 is 1.07 bits per heavy atom. The van der Waals surface area contributed by atoms with Gasteiger partial charge in [-0.2, -0.15) is 5.10 Å². The van der Waals surface area contributed by atoms with E-state index < -0.39 is 0 Å². The zero-order valence-electron chi connectivity index (χ0n) is 16.2. The van der Waals surface area contributed by atoms with Gasteiger partial charge in [-0.25, -0.2) is 5.43 Å². The van der Waals surface area contributed by atoms with Crippen molar-refractivity contribution in [3.8, 4) is 5.75 Å². The molecule has 146 valence electrons. The monoisotopic (exact) mass is 376 g/mol. The van der Waals surface area contributed by atoms with Crippen LogP contribution in [0, 0.1) is 23.2 Å². The van der Waals surface area contributed by atoms with Crippen LogP contribution in [0.25, 0.3) is 10.8 Å². The van der Waals surface area contributed by atoms with Gasteiger partial charge in [-0.3, -0.25) is 4.79 Å². The molecule has 4 aliphatic carbocycles. The van der Waals surface area contributed by atoms with E-state index in [2.05, 4.69) is 16.6 Å². The van der Waals surface area contributed by atoms with Crippen molar-refractivity contribution >= 4 is 22.9 Å². The Kier molecular flexibility index (Phi) is 4.37.